The monoisotopic (exact) mass is 225 g/mol. The summed E-state index contributed by atoms with van der Waals surface area (Å²) in [4.78, 5) is 8.59. The van der Waals surface area contributed by atoms with Crippen molar-refractivity contribution in [3.8, 4) is 0 Å². The molecule has 0 aliphatic rings. The van der Waals surface area contributed by atoms with Crippen molar-refractivity contribution in [2.75, 3.05) is 17.6 Å². The molecule has 0 aliphatic heterocycles. The Morgan fingerprint density at radius 1 is 1.33 bits per heavy atom. The third kappa shape index (κ3) is 5.02. The van der Waals surface area contributed by atoms with Crippen LogP contribution in [0.2, 0.25) is 0 Å². The van der Waals surface area contributed by atoms with E-state index in [0.29, 0.717) is 0 Å². The first-order chi connectivity index (χ1) is 7.36. The molecule has 0 spiro atoms. The first kappa shape index (κ1) is 12.3. The first-order valence-electron chi connectivity index (χ1n) is 5.56. The van der Waals surface area contributed by atoms with E-state index < -0.39 is 0 Å². The molecule has 84 valence electrons. The number of nitrogens with one attached hydrogen (secondary N) is 1. The molecule has 3 nitrogen and oxygen atoms in total. The zero-order chi connectivity index (χ0) is 10.9. The van der Waals surface area contributed by atoms with Crippen molar-refractivity contribution in [1.82, 2.24) is 9.97 Å². The molecular formula is C11H19N3S. The van der Waals surface area contributed by atoms with Gasteiger partial charge in [-0.1, -0.05) is 20.3 Å². The van der Waals surface area contributed by atoms with Gasteiger partial charge in [0.05, 0.1) is 0 Å². The average molecular weight is 225 g/mol. The van der Waals surface area contributed by atoms with Gasteiger partial charge in [0.2, 0.25) is 5.95 Å². The minimum Gasteiger partial charge on any atom is -0.354 e. The number of aromatic nitrogens is 2. The Bertz CT molecular complexity index is 278. The highest BCUT2D eigenvalue weighted by atomic mass is 32.2. The van der Waals surface area contributed by atoms with Crippen LogP contribution in [0.4, 0.5) is 5.95 Å². The normalized spacial score (nSPS) is 10.3. The molecule has 1 rings (SSSR count). The van der Waals surface area contributed by atoms with Gasteiger partial charge in [-0.15, -0.1) is 11.8 Å². The van der Waals surface area contributed by atoms with E-state index in [-0.39, 0.29) is 0 Å². The molecule has 0 fully saturated rings. The van der Waals surface area contributed by atoms with Crippen LogP contribution in [0.1, 0.15) is 33.1 Å². The molecular weight excluding hydrogens is 206 g/mol. The molecule has 0 aromatic carbocycles. The average Bonchev–Trinajstić information content (AvgIpc) is 2.27. The van der Waals surface area contributed by atoms with Crippen molar-refractivity contribution in [2.45, 2.75) is 38.1 Å². The SMILES string of the molecule is CCCCSc1ccnc(NCCC)n1. The lowest BCUT2D eigenvalue weighted by molar-refractivity contribution is 0.892. The van der Waals surface area contributed by atoms with Crippen LogP contribution in [-0.2, 0) is 0 Å². The maximum Gasteiger partial charge on any atom is 0.223 e. The third-order valence-corrected chi connectivity index (χ3v) is 2.93. The Labute approximate surface area is 96.1 Å². The van der Waals surface area contributed by atoms with E-state index in [1.165, 1.54) is 12.8 Å². The van der Waals surface area contributed by atoms with Crippen LogP contribution < -0.4 is 5.32 Å². The number of hydrogen-bond acceptors (Lipinski definition) is 4. The van der Waals surface area contributed by atoms with Gasteiger partial charge < -0.3 is 5.32 Å². The highest BCUT2D eigenvalue weighted by molar-refractivity contribution is 7.99. The second-order valence-electron chi connectivity index (χ2n) is 3.35. The molecule has 4 heteroatoms. The van der Waals surface area contributed by atoms with Crippen molar-refractivity contribution in [1.29, 1.82) is 0 Å². The van der Waals surface area contributed by atoms with Crippen LogP contribution >= 0.6 is 11.8 Å². The van der Waals surface area contributed by atoms with E-state index in [4.69, 9.17) is 0 Å². The fourth-order valence-corrected chi connectivity index (χ4v) is 2.02. The van der Waals surface area contributed by atoms with Crippen LogP contribution in [0.5, 0.6) is 0 Å². The summed E-state index contributed by atoms with van der Waals surface area (Å²) in [7, 11) is 0. The van der Waals surface area contributed by atoms with Gasteiger partial charge in [-0.2, -0.15) is 0 Å². The van der Waals surface area contributed by atoms with Crippen molar-refractivity contribution in [2.24, 2.45) is 0 Å². The minimum absolute atomic E-state index is 0.748. The van der Waals surface area contributed by atoms with Gasteiger partial charge in [-0.05, 0) is 24.7 Å². The standard InChI is InChI=1S/C11H19N3S/c1-3-5-9-15-10-6-8-13-11(14-10)12-7-4-2/h6,8H,3-5,7,9H2,1-2H3,(H,12,13,14). The van der Waals surface area contributed by atoms with Gasteiger partial charge in [0, 0.05) is 12.7 Å². The molecule has 0 unspecified atom stereocenters. The van der Waals surface area contributed by atoms with Gasteiger partial charge in [0.15, 0.2) is 0 Å². The van der Waals surface area contributed by atoms with Crippen LogP contribution in [-0.4, -0.2) is 22.3 Å². The van der Waals surface area contributed by atoms with E-state index in [0.717, 1.165) is 29.7 Å². The molecule has 0 aliphatic carbocycles. The van der Waals surface area contributed by atoms with Crippen LogP contribution in [0.25, 0.3) is 0 Å². The molecule has 0 saturated carbocycles. The second kappa shape index (κ2) is 7.51. The Balaban J connectivity index is 2.42. The Hall–Kier alpha value is -0.770. The van der Waals surface area contributed by atoms with Gasteiger partial charge >= 0.3 is 0 Å². The summed E-state index contributed by atoms with van der Waals surface area (Å²) in [6.07, 6.45) is 5.39. The van der Waals surface area contributed by atoms with Crippen molar-refractivity contribution < 1.29 is 0 Å². The van der Waals surface area contributed by atoms with E-state index in [1.54, 1.807) is 11.8 Å². The Morgan fingerprint density at radius 2 is 2.20 bits per heavy atom. The van der Waals surface area contributed by atoms with E-state index >= 15 is 0 Å². The molecule has 0 bridgehead atoms. The molecule has 0 radical (unpaired) electrons. The summed E-state index contributed by atoms with van der Waals surface area (Å²) in [5, 5.41) is 4.26. The smallest absolute Gasteiger partial charge is 0.223 e. The van der Waals surface area contributed by atoms with Crippen molar-refractivity contribution >= 4 is 17.7 Å². The molecule has 0 saturated heterocycles. The fraction of sp³-hybridized carbons (Fsp3) is 0.636. The molecule has 1 N–H and O–H groups in total. The van der Waals surface area contributed by atoms with Crippen molar-refractivity contribution in [3.63, 3.8) is 0 Å². The molecule has 1 heterocycles. The molecule has 15 heavy (non-hydrogen) atoms. The van der Waals surface area contributed by atoms with Crippen LogP contribution in [0.15, 0.2) is 17.3 Å². The van der Waals surface area contributed by atoms with E-state index in [9.17, 15) is 0 Å². The Morgan fingerprint density at radius 3 is 2.93 bits per heavy atom. The highest BCUT2D eigenvalue weighted by Gasteiger charge is 1.98. The maximum absolute atomic E-state index is 4.42. The number of rotatable bonds is 7. The molecule has 0 amide bonds. The minimum atomic E-state index is 0.748. The summed E-state index contributed by atoms with van der Waals surface area (Å²) in [6, 6.07) is 1.97. The maximum atomic E-state index is 4.42. The molecule has 1 aromatic rings. The largest absolute Gasteiger partial charge is 0.354 e. The number of nitrogens with zero attached hydrogens (tertiary/aromatic N) is 2. The highest BCUT2D eigenvalue weighted by Crippen LogP contribution is 2.17. The number of unbranched alkanes of at least 4 members (excludes halogenated alkanes) is 1. The summed E-state index contributed by atoms with van der Waals surface area (Å²) < 4.78 is 0. The number of hydrogen-bond donors (Lipinski definition) is 1. The summed E-state index contributed by atoms with van der Waals surface area (Å²) in [5.74, 6) is 1.89. The lowest BCUT2D eigenvalue weighted by atomic mass is 10.4. The van der Waals surface area contributed by atoms with E-state index in [2.05, 4.69) is 29.1 Å². The Kier molecular flexibility index (Phi) is 6.16. The summed E-state index contributed by atoms with van der Waals surface area (Å²) in [6.45, 7) is 5.27. The predicted molar refractivity (Wildman–Crippen MR) is 66.4 cm³/mol. The van der Waals surface area contributed by atoms with Gasteiger partial charge in [-0.25, -0.2) is 9.97 Å². The van der Waals surface area contributed by atoms with E-state index in [1.807, 2.05) is 12.3 Å². The fourth-order valence-electron chi connectivity index (χ4n) is 1.07. The second-order valence-corrected chi connectivity index (χ2v) is 4.46. The number of anilines is 1. The zero-order valence-corrected chi connectivity index (χ0v) is 10.3. The summed E-state index contributed by atoms with van der Waals surface area (Å²) >= 11 is 1.80. The van der Waals surface area contributed by atoms with Crippen LogP contribution in [0.3, 0.4) is 0 Å². The zero-order valence-electron chi connectivity index (χ0n) is 9.49. The van der Waals surface area contributed by atoms with Crippen LogP contribution in [0, 0.1) is 0 Å². The quantitative estimate of drug-likeness (QED) is 0.439. The van der Waals surface area contributed by atoms with Gasteiger partial charge in [0.25, 0.3) is 0 Å². The van der Waals surface area contributed by atoms with Gasteiger partial charge in [-0.3, -0.25) is 0 Å². The lowest BCUT2D eigenvalue weighted by Crippen LogP contribution is -2.04. The topological polar surface area (TPSA) is 37.8 Å². The first-order valence-corrected chi connectivity index (χ1v) is 6.55. The third-order valence-electron chi connectivity index (χ3n) is 1.91. The van der Waals surface area contributed by atoms with Crippen molar-refractivity contribution in [3.05, 3.63) is 12.3 Å². The van der Waals surface area contributed by atoms with Gasteiger partial charge in [0.1, 0.15) is 5.03 Å². The summed E-state index contributed by atoms with van der Waals surface area (Å²) in [5.41, 5.74) is 0. The molecule has 0 atom stereocenters. The number of thioether (sulfide) groups is 1. The predicted octanol–water partition coefficient (Wildman–Crippen LogP) is 3.19. The lowest BCUT2D eigenvalue weighted by Gasteiger charge is -2.04. The molecule has 1 aromatic heterocycles.